The smallest absolute Gasteiger partial charge is 0.254 e. The number of nitrogens with zero attached hydrogens (tertiary/aromatic N) is 2. The summed E-state index contributed by atoms with van der Waals surface area (Å²) >= 11 is 13.5. The number of fused-ring (bicyclic) bond motifs is 1. The van der Waals surface area contributed by atoms with E-state index in [-0.39, 0.29) is 18.4 Å². The van der Waals surface area contributed by atoms with E-state index in [9.17, 15) is 9.59 Å². The number of hydrogen-bond acceptors (Lipinski definition) is 4. The van der Waals surface area contributed by atoms with Crippen LogP contribution in [0.15, 0.2) is 41.9 Å². The van der Waals surface area contributed by atoms with Crippen LogP contribution >= 0.6 is 34.5 Å². The Kier molecular flexibility index (Phi) is 5.22. The Morgan fingerprint density at radius 2 is 1.92 bits per heavy atom. The van der Waals surface area contributed by atoms with E-state index >= 15 is 0 Å². The Morgan fingerprint density at radius 3 is 2.64 bits per heavy atom. The fraction of sp³-hybridized carbons (Fsp3) is 0.118. The molecule has 0 unspecified atom stereocenters. The summed E-state index contributed by atoms with van der Waals surface area (Å²) in [5.41, 5.74) is 3.41. The van der Waals surface area contributed by atoms with Crippen LogP contribution in [-0.2, 0) is 4.79 Å². The lowest BCUT2D eigenvalue weighted by Gasteiger charge is -2.17. The minimum absolute atomic E-state index is 0.124. The topological polar surface area (TPSA) is 62.3 Å². The van der Waals surface area contributed by atoms with E-state index in [4.69, 9.17) is 23.2 Å². The summed E-state index contributed by atoms with van der Waals surface area (Å²) in [5, 5.41) is 3.31. The number of para-hydroxylation sites is 1. The van der Waals surface area contributed by atoms with Gasteiger partial charge < -0.3 is 10.2 Å². The van der Waals surface area contributed by atoms with Crippen LogP contribution < -0.4 is 5.32 Å². The summed E-state index contributed by atoms with van der Waals surface area (Å²) in [6, 6.07) is 10.2. The fourth-order valence-electron chi connectivity index (χ4n) is 2.29. The Balaban J connectivity index is 1.69. The Morgan fingerprint density at radius 1 is 1.20 bits per heavy atom. The van der Waals surface area contributed by atoms with Gasteiger partial charge in [0.1, 0.15) is 0 Å². The van der Waals surface area contributed by atoms with Gasteiger partial charge in [-0.15, -0.1) is 11.3 Å². The number of carbonyl (C=O) groups is 2. The van der Waals surface area contributed by atoms with Gasteiger partial charge in [0.05, 0.1) is 38.0 Å². The van der Waals surface area contributed by atoms with Crippen LogP contribution in [0.3, 0.4) is 0 Å². The molecule has 0 fully saturated rings. The first-order valence-corrected chi connectivity index (χ1v) is 8.92. The Hall–Kier alpha value is -2.15. The molecule has 0 aliphatic heterocycles. The predicted octanol–water partition coefficient (Wildman–Crippen LogP) is 4.31. The number of carbonyl (C=O) groups excluding carboxylic acids is 2. The average molecular weight is 394 g/mol. The van der Waals surface area contributed by atoms with Crippen molar-refractivity contribution < 1.29 is 9.59 Å². The molecule has 1 heterocycles. The van der Waals surface area contributed by atoms with Crippen molar-refractivity contribution in [3.63, 3.8) is 0 Å². The van der Waals surface area contributed by atoms with Gasteiger partial charge in [-0.2, -0.15) is 0 Å². The van der Waals surface area contributed by atoms with Crippen LogP contribution in [0.1, 0.15) is 10.4 Å². The number of amides is 2. The van der Waals surface area contributed by atoms with E-state index in [1.54, 1.807) is 49.0 Å². The maximum Gasteiger partial charge on any atom is 0.254 e. The van der Waals surface area contributed by atoms with Gasteiger partial charge in [0.2, 0.25) is 5.91 Å². The summed E-state index contributed by atoms with van der Waals surface area (Å²) in [4.78, 5) is 30.2. The van der Waals surface area contributed by atoms with Crippen LogP contribution in [-0.4, -0.2) is 35.3 Å². The molecule has 0 saturated heterocycles. The van der Waals surface area contributed by atoms with Crippen molar-refractivity contribution in [3.8, 4) is 0 Å². The highest BCUT2D eigenvalue weighted by Crippen LogP contribution is 2.29. The number of benzene rings is 2. The van der Waals surface area contributed by atoms with E-state index in [1.807, 2.05) is 0 Å². The van der Waals surface area contributed by atoms with Crippen LogP contribution in [0, 0.1) is 0 Å². The van der Waals surface area contributed by atoms with Crippen molar-refractivity contribution in [3.05, 3.63) is 57.5 Å². The molecule has 0 bridgehead atoms. The maximum atomic E-state index is 12.5. The van der Waals surface area contributed by atoms with Crippen molar-refractivity contribution in [2.24, 2.45) is 0 Å². The number of aromatic nitrogens is 1. The minimum atomic E-state index is -0.385. The van der Waals surface area contributed by atoms with Gasteiger partial charge in [0, 0.05) is 12.6 Å². The van der Waals surface area contributed by atoms with Gasteiger partial charge in [0.15, 0.2) is 0 Å². The van der Waals surface area contributed by atoms with E-state index in [1.165, 1.54) is 16.2 Å². The lowest BCUT2D eigenvalue weighted by atomic mass is 10.2. The largest absolute Gasteiger partial charge is 0.332 e. The molecule has 25 heavy (non-hydrogen) atoms. The number of nitrogens with one attached hydrogen (secondary N) is 1. The third kappa shape index (κ3) is 3.92. The molecule has 8 heteroatoms. The highest BCUT2D eigenvalue weighted by molar-refractivity contribution is 7.16. The first kappa shape index (κ1) is 17.7. The molecular weight excluding hydrogens is 381 g/mol. The number of halogens is 2. The third-order valence-corrected chi connectivity index (χ3v) is 4.95. The molecular formula is C17H13Cl2N3O2S. The number of anilines is 1. The van der Waals surface area contributed by atoms with E-state index in [0.717, 1.165) is 10.2 Å². The van der Waals surface area contributed by atoms with Gasteiger partial charge in [-0.1, -0.05) is 29.3 Å². The molecule has 0 saturated carbocycles. The number of likely N-dealkylation sites (N-methyl/N-ethyl adjacent to an activating group) is 1. The normalized spacial score (nSPS) is 10.7. The van der Waals surface area contributed by atoms with Gasteiger partial charge >= 0.3 is 0 Å². The molecule has 2 amide bonds. The molecule has 0 aliphatic carbocycles. The summed E-state index contributed by atoms with van der Waals surface area (Å²) < 4.78 is 0.923. The van der Waals surface area contributed by atoms with Crippen LogP contribution in [0.4, 0.5) is 5.69 Å². The van der Waals surface area contributed by atoms with Crippen molar-refractivity contribution in [1.29, 1.82) is 0 Å². The van der Waals surface area contributed by atoms with E-state index < -0.39 is 0 Å². The molecule has 0 aliphatic rings. The molecule has 1 aromatic heterocycles. The quantitative estimate of drug-likeness (QED) is 0.717. The zero-order valence-corrected chi connectivity index (χ0v) is 15.5. The summed E-state index contributed by atoms with van der Waals surface area (Å²) in [6.07, 6.45) is 0. The van der Waals surface area contributed by atoms with Crippen LogP contribution in [0.2, 0.25) is 10.0 Å². The van der Waals surface area contributed by atoms with E-state index in [0.29, 0.717) is 21.3 Å². The molecule has 5 nitrogen and oxygen atoms in total. The minimum Gasteiger partial charge on any atom is -0.332 e. The Bertz CT molecular complexity index is 938. The van der Waals surface area contributed by atoms with Crippen LogP contribution in [0.5, 0.6) is 0 Å². The van der Waals surface area contributed by atoms with Crippen molar-refractivity contribution >= 4 is 62.3 Å². The van der Waals surface area contributed by atoms with Crippen molar-refractivity contribution in [2.75, 3.05) is 18.9 Å². The van der Waals surface area contributed by atoms with E-state index in [2.05, 4.69) is 10.3 Å². The zero-order valence-electron chi connectivity index (χ0n) is 13.1. The summed E-state index contributed by atoms with van der Waals surface area (Å²) in [6.45, 7) is -0.124. The first-order chi connectivity index (χ1) is 12.0. The lowest BCUT2D eigenvalue weighted by molar-refractivity contribution is -0.116. The first-order valence-electron chi connectivity index (χ1n) is 7.28. The second-order valence-electron chi connectivity index (χ2n) is 5.34. The standard InChI is InChI=1S/C17H13Cl2N3O2S/c1-22(8-15(23)21-16-11(18)3-2-4-12(16)19)17(24)10-5-6-13-14(7-10)25-9-20-13/h2-7,9H,8H2,1H3,(H,21,23). The molecule has 0 atom stereocenters. The molecule has 0 radical (unpaired) electrons. The number of rotatable bonds is 4. The van der Waals surface area contributed by atoms with Crippen LogP contribution in [0.25, 0.3) is 10.2 Å². The van der Waals surface area contributed by atoms with Crippen molar-refractivity contribution in [2.45, 2.75) is 0 Å². The molecule has 0 spiro atoms. The molecule has 1 N–H and O–H groups in total. The predicted molar refractivity (Wildman–Crippen MR) is 102 cm³/mol. The molecule has 3 aromatic rings. The second kappa shape index (κ2) is 7.39. The zero-order chi connectivity index (χ0) is 18.0. The SMILES string of the molecule is CN(CC(=O)Nc1c(Cl)cccc1Cl)C(=O)c1ccc2ncsc2c1. The number of thiazole rings is 1. The van der Waals surface area contributed by atoms with Gasteiger partial charge in [0.25, 0.3) is 5.91 Å². The highest BCUT2D eigenvalue weighted by atomic mass is 35.5. The highest BCUT2D eigenvalue weighted by Gasteiger charge is 2.17. The van der Waals surface area contributed by atoms with Gasteiger partial charge in [-0.05, 0) is 30.3 Å². The van der Waals surface area contributed by atoms with Gasteiger partial charge in [-0.3, -0.25) is 9.59 Å². The Labute approximate surface area is 158 Å². The molecule has 2 aromatic carbocycles. The molecule has 3 rings (SSSR count). The summed E-state index contributed by atoms with van der Waals surface area (Å²) in [5.74, 6) is -0.638. The second-order valence-corrected chi connectivity index (χ2v) is 7.04. The average Bonchev–Trinajstić information content (AvgIpc) is 3.05. The number of hydrogen-bond donors (Lipinski definition) is 1. The summed E-state index contributed by atoms with van der Waals surface area (Å²) in [7, 11) is 1.56. The third-order valence-electron chi connectivity index (χ3n) is 3.53. The van der Waals surface area contributed by atoms with Crippen molar-refractivity contribution in [1.82, 2.24) is 9.88 Å². The molecule has 128 valence electrons. The van der Waals surface area contributed by atoms with Gasteiger partial charge in [-0.25, -0.2) is 4.98 Å². The fourth-order valence-corrected chi connectivity index (χ4v) is 3.50. The maximum absolute atomic E-state index is 12.5. The lowest BCUT2D eigenvalue weighted by Crippen LogP contribution is -2.35. The monoisotopic (exact) mass is 393 g/mol.